The Balaban J connectivity index is 0.000000385. The summed E-state index contributed by atoms with van der Waals surface area (Å²) in [7, 11) is 8.50. The van der Waals surface area contributed by atoms with Crippen LogP contribution in [0.1, 0.15) is 10.4 Å². The number of carbonyl (C=O) groups is 1. The van der Waals surface area contributed by atoms with Crippen molar-refractivity contribution in [2.45, 2.75) is 0 Å². The molecule has 0 spiro atoms. The fourth-order valence-electron chi connectivity index (χ4n) is 0.693. The van der Waals surface area contributed by atoms with Crippen LogP contribution in [-0.4, -0.2) is 48.9 Å². The van der Waals surface area contributed by atoms with E-state index in [4.69, 9.17) is 10.2 Å². The van der Waals surface area contributed by atoms with Crippen LogP contribution in [0.5, 0.6) is 11.5 Å². The van der Waals surface area contributed by atoms with Gasteiger partial charge in [-0.3, -0.25) is 0 Å². The van der Waals surface area contributed by atoms with Gasteiger partial charge in [-0.05, 0) is 12.1 Å². The van der Waals surface area contributed by atoms with Gasteiger partial charge >= 0.3 is 5.97 Å². The van der Waals surface area contributed by atoms with Crippen molar-refractivity contribution in [3.63, 3.8) is 0 Å². The molecule has 5 heteroatoms. The van der Waals surface area contributed by atoms with Crippen LogP contribution in [0.25, 0.3) is 0 Å². The Labute approximate surface area is 94.8 Å². The smallest absolute Gasteiger partial charge is 0.335 e. The number of rotatable bonds is 1. The highest BCUT2D eigenvalue weighted by Gasteiger charge is 2.04. The third-order valence-corrected chi connectivity index (χ3v) is 1.22. The van der Waals surface area contributed by atoms with Crippen LogP contribution in [-0.2, 0) is 0 Å². The van der Waals surface area contributed by atoms with E-state index in [-0.39, 0.29) is 0 Å². The fourth-order valence-corrected chi connectivity index (χ4v) is 0.693. The molecule has 5 nitrogen and oxygen atoms in total. The van der Waals surface area contributed by atoms with Gasteiger partial charge in [0.1, 0.15) is 5.75 Å². The van der Waals surface area contributed by atoms with E-state index in [0.717, 1.165) is 16.6 Å². The van der Waals surface area contributed by atoms with Crippen molar-refractivity contribution in [1.82, 2.24) is 0 Å². The van der Waals surface area contributed by atoms with Gasteiger partial charge in [-0.25, -0.2) is 4.79 Å². The summed E-state index contributed by atoms with van der Waals surface area (Å²) in [5.74, 6) is -2.71. The van der Waals surface area contributed by atoms with Gasteiger partial charge in [0, 0.05) is 0 Å². The van der Waals surface area contributed by atoms with E-state index in [1.807, 2.05) is 0 Å². The number of carboxylic acids is 1. The van der Waals surface area contributed by atoms with Crippen molar-refractivity contribution in [3.8, 4) is 11.5 Å². The van der Waals surface area contributed by atoms with Gasteiger partial charge in [0.05, 0.1) is 33.8 Å². The lowest BCUT2D eigenvalue weighted by atomic mass is 10.2. The predicted molar refractivity (Wildman–Crippen MR) is 58.5 cm³/mol. The number of para-hydroxylation sites is 1. The summed E-state index contributed by atoms with van der Waals surface area (Å²) >= 11 is 0. The Kier molecular flexibility index (Phi) is 4.78. The average Bonchev–Trinajstić information content (AvgIpc) is 2.06. The van der Waals surface area contributed by atoms with Gasteiger partial charge in [0.15, 0.2) is 0 Å². The second-order valence-corrected chi connectivity index (χ2v) is 4.64. The highest BCUT2D eigenvalue weighted by molar-refractivity contribution is 5.91. The Morgan fingerprint density at radius 3 is 2.00 bits per heavy atom. The lowest BCUT2D eigenvalue weighted by molar-refractivity contribution is -0.849. The number of aromatic hydroxyl groups is 1. The van der Waals surface area contributed by atoms with Crippen LogP contribution in [0.2, 0.25) is 0 Å². The summed E-state index contributed by atoms with van der Waals surface area (Å²) in [5.41, 5.74) is -0.412. The quantitative estimate of drug-likeness (QED) is 0.684. The SMILES string of the molecule is C[N+](C)(C)C.O=C(O)c1cccc(O)c1[O-]. The highest BCUT2D eigenvalue weighted by Crippen LogP contribution is 2.24. The van der Waals surface area contributed by atoms with Crippen molar-refractivity contribution in [2.75, 3.05) is 28.2 Å². The number of benzene rings is 1. The maximum atomic E-state index is 10.8. The first-order chi connectivity index (χ1) is 7.13. The molecule has 0 saturated carbocycles. The molecule has 0 fully saturated rings. The van der Waals surface area contributed by atoms with Crippen LogP contribution in [0.15, 0.2) is 18.2 Å². The van der Waals surface area contributed by atoms with Crippen molar-refractivity contribution >= 4 is 5.97 Å². The van der Waals surface area contributed by atoms with Crippen LogP contribution in [0, 0.1) is 0 Å². The zero-order valence-electron chi connectivity index (χ0n) is 9.89. The van der Waals surface area contributed by atoms with E-state index in [1.165, 1.54) is 6.07 Å². The molecule has 0 heterocycles. The Morgan fingerprint density at radius 2 is 1.69 bits per heavy atom. The normalized spacial score (nSPS) is 10.2. The second kappa shape index (κ2) is 5.37. The summed E-state index contributed by atoms with van der Waals surface area (Å²) in [6, 6.07) is 3.60. The fraction of sp³-hybridized carbons (Fsp3) is 0.364. The minimum atomic E-state index is -1.33. The van der Waals surface area contributed by atoms with Crippen molar-refractivity contribution < 1.29 is 24.6 Å². The van der Waals surface area contributed by atoms with Crippen molar-refractivity contribution in [3.05, 3.63) is 23.8 Å². The summed E-state index contributed by atoms with van der Waals surface area (Å²) < 4.78 is 1.00. The molecular formula is C11H17NO4. The van der Waals surface area contributed by atoms with E-state index >= 15 is 0 Å². The Morgan fingerprint density at radius 1 is 1.25 bits per heavy atom. The van der Waals surface area contributed by atoms with Crippen LogP contribution in [0.4, 0.5) is 0 Å². The van der Waals surface area contributed by atoms with Crippen molar-refractivity contribution in [1.29, 1.82) is 0 Å². The monoisotopic (exact) mass is 227 g/mol. The maximum Gasteiger partial charge on any atom is 0.335 e. The molecule has 0 amide bonds. The van der Waals surface area contributed by atoms with E-state index in [9.17, 15) is 9.90 Å². The first-order valence-electron chi connectivity index (χ1n) is 4.64. The predicted octanol–water partition coefficient (Wildman–Crippen LogP) is 0.486. The number of carboxylic acid groups (broad SMARTS) is 1. The molecule has 2 N–H and O–H groups in total. The molecule has 0 aliphatic rings. The van der Waals surface area contributed by atoms with E-state index in [2.05, 4.69) is 28.2 Å². The molecule has 16 heavy (non-hydrogen) atoms. The molecule has 1 aromatic rings. The van der Waals surface area contributed by atoms with Gasteiger partial charge in [-0.1, -0.05) is 11.8 Å². The summed E-state index contributed by atoms with van der Waals surface area (Å²) in [5, 5.41) is 27.9. The van der Waals surface area contributed by atoms with Gasteiger partial charge < -0.3 is 19.8 Å². The van der Waals surface area contributed by atoms with Gasteiger partial charge in [-0.15, -0.1) is 0 Å². The molecule has 0 radical (unpaired) electrons. The van der Waals surface area contributed by atoms with Gasteiger partial charge in [0.2, 0.25) is 0 Å². The topological polar surface area (TPSA) is 80.6 Å². The van der Waals surface area contributed by atoms with E-state index in [0.29, 0.717) is 0 Å². The molecular weight excluding hydrogens is 210 g/mol. The number of phenolic OH excluding ortho intramolecular Hbond substituents is 1. The summed E-state index contributed by atoms with van der Waals surface area (Å²) in [6.07, 6.45) is 0. The van der Waals surface area contributed by atoms with Gasteiger partial charge in [0.25, 0.3) is 0 Å². The van der Waals surface area contributed by atoms with Crippen LogP contribution in [0.3, 0.4) is 0 Å². The molecule has 0 aromatic heterocycles. The van der Waals surface area contributed by atoms with E-state index < -0.39 is 23.0 Å². The molecule has 1 rings (SSSR count). The molecule has 0 aliphatic heterocycles. The zero-order chi connectivity index (χ0) is 12.9. The Bertz CT molecular complexity index is 363. The molecule has 1 aromatic carbocycles. The lowest BCUT2D eigenvalue weighted by Gasteiger charge is -2.14. The molecule has 90 valence electrons. The molecule has 0 atom stereocenters. The van der Waals surface area contributed by atoms with Crippen LogP contribution < -0.4 is 5.11 Å². The number of aromatic carboxylic acids is 1. The maximum absolute atomic E-state index is 10.8. The third kappa shape index (κ3) is 5.87. The second-order valence-electron chi connectivity index (χ2n) is 4.64. The number of nitrogens with zero attached hydrogens (tertiary/aromatic N) is 1. The minimum absolute atomic E-state index is 0.412. The van der Waals surface area contributed by atoms with Crippen LogP contribution >= 0.6 is 0 Å². The standard InChI is InChI=1S/C7H6O4.C4H12N/c8-5-3-1-2-4(6(5)9)7(10)11;1-5(2,3)4/h1-3,8-9H,(H,10,11);1-4H3/q;+1/p-1. The summed E-state index contributed by atoms with van der Waals surface area (Å²) in [4.78, 5) is 10.3. The lowest BCUT2D eigenvalue weighted by Crippen LogP contribution is -2.27. The van der Waals surface area contributed by atoms with E-state index in [1.54, 1.807) is 0 Å². The van der Waals surface area contributed by atoms with Gasteiger partial charge in [-0.2, -0.15) is 0 Å². The molecule has 0 saturated heterocycles. The third-order valence-electron chi connectivity index (χ3n) is 1.22. The highest BCUT2D eigenvalue weighted by atomic mass is 16.4. The molecule has 0 aliphatic carbocycles. The Hall–Kier alpha value is -1.75. The average molecular weight is 227 g/mol. The molecule has 0 unspecified atom stereocenters. The van der Waals surface area contributed by atoms with Crippen molar-refractivity contribution in [2.24, 2.45) is 0 Å². The molecule has 0 bridgehead atoms. The number of phenols is 1. The first-order valence-corrected chi connectivity index (χ1v) is 4.64. The summed E-state index contributed by atoms with van der Waals surface area (Å²) in [6.45, 7) is 0. The minimum Gasteiger partial charge on any atom is -0.869 e. The zero-order valence-corrected chi connectivity index (χ0v) is 9.89. The number of hydrogen-bond donors (Lipinski definition) is 2. The number of quaternary nitrogens is 1. The largest absolute Gasteiger partial charge is 0.869 e. The number of hydrogen-bond acceptors (Lipinski definition) is 3. The first kappa shape index (κ1) is 14.2.